The first kappa shape index (κ1) is 19.9. The minimum atomic E-state index is -0.402. The van der Waals surface area contributed by atoms with Crippen molar-refractivity contribution in [2.75, 3.05) is 18.9 Å². The summed E-state index contributed by atoms with van der Waals surface area (Å²) in [5.74, 6) is -0.788. The van der Waals surface area contributed by atoms with E-state index in [1.165, 1.54) is 28.8 Å². The minimum absolute atomic E-state index is 0.184. The van der Waals surface area contributed by atoms with Crippen molar-refractivity contribution >= 4 is 51.7 Å². The number of halogens is 2. The molecule has 0 fully saturated rings. The molecule has 9 heteroatoms. The van der Waals surface area contributed by atoms with Gasteiger partial charge in [-0.3, -0.25) is 19.0 Å². The van der Waals surface area contributed by atoms with E-state index in [1.54, 1.807) is 36.4 Å². The molecule has 0 unspecified atom stereocenters. The molecular weight excluding hydrogens is 403 g/mol. The number of nitrogens with one attached hydrogen (secondary N) is 1. The summed E-state index contributed by atoms with van der Waals surface area (Å²) in [7, 11) is 1.49. The van der Waals surface area contributed by atoms with Crippen molar-refractivity contribution in [2.24, 2.45) is 0 Å². The predicted octanol–water partition coefficient (Wildman–Crippen LogP) is 2.80. The summed E-state index contributed by atoms with van der Waals surface area (Å²) >= 11 is 11.8. The Morgan fingerprint density at radius 3 is 2.64 bits per heavy atom. The fourth-order valence-electron chi connectivity index (χ4n) is 2.61. The fraction of sp³-hybridized carbons (Fsp3) is 0.158. The second kappa shape index (κ2) is 8.41. The maximum absolute atomic E-state index is 12.5. The standard InChI is InChI=1S/C19H16Cl2N4O3/c1-24(10-17(26)23-12-6-7-13(20)14(21)8-12)19(28)11-25-16-5-3-2-4-15(16)22-9-18(25)27/h2-9H,10-11H2,1H3,(H,23,26). The van der Waals surface area contributed by atoms with Crippen molar-refractivity contribution in [3.8, 4) is 0 Å². The third kappa shape index (κ3) is 4.49. The third-order valence-electron chi connectivity index (χ3n) is 4.06. The molecule has 7 nitrogen and oxygen atoms in total. The first-order valence-electron chi connectivity index (χ1n) is 8.28. The van der Waals surface area contributed by atoms with Crippen LogP contribution in [-0.2, 0) is 16.1 Å². The van der Waals surface area contributed by atoms with Gasteiger partial charge in [-0.15, -0.1) is 0 Å². The number of hydrogen-bond acceptors (Lipinski definition) is 4. The molecule has 0 aliphatic carbocycles. The average Bonchev–Trinajstić information content (AvgIpc) is 2.66. The van der Waals surface area contributed by atoms with Crippen molar-refractivity contribution in [1.29, 1.82) is 0 Å². The lowest BCUT2D eigenvalue weighted by Gasteiger charge is -2.18. The van der Waals surface area contributed by atoms with Gasteiger partial charge in [0.15, 0.2) is 0 Å². The van der Waals surface area contributed by atoms with Crippen LogP contribution >= 0.6 is 23.2 Å². The van der Waals surface area contributed by atoms with Crippen LogP contribution in [0, 0.1) is 0 Å². The lowest BCUT2D eigenvalue weighted by Crippen LogP contribution is -2.38. The van der Waals surface area contributed by atoms with Crippen LogP contribution in [0.5, 0.6) is 0 Å². The van der Waals surface area contributed by atoms with Crippen molar-refractivity contribution in [3.05, 3.63) is 69.1 Å². The first-order valence-corrected chi connectivity index (χ1v) is 9.04. The van der Waals surface area contributed by atoms with E-state index in [-0.39, 0.29) is 24.6 Å². The third-order valence-corrected chi connectivity index (χ3v) is 4.79. The summed E-state index contributed by atoms with van der Waals surface area (Å²) in [5.41, 5.74) is 1.24. The molecule has 0 aliphatic heterocycles. The van der Waals surface area contributed by atoms with Crippen LogP contribution in [-0.4, -0.2) is 39.9 Å². The van der Waals surface area contributed by atoms with Crippen LogP contribution in [0.25, 0.3) is 11.0 Å². The summed E-state index contributed by atoms with van der Waals surface area (Å²) < 4.78 is 1.33. The van der Waals surface area contributed by atoms with Gasteiger partial charge in [-0.05, 0) is 30.3 Å². The highest BCUT2D eigenvalue weighted by molar-refractivity contribution is 6.42. The topological polar surface area (TPSA) is 84.3 Å². The Labute approximate surface area is 170 Å². The Morgan fingerprint density at radius 2 is 1.89 bits per heavy atom. The summed E-state index contributed by atoms with van der Waals surface area (Å²) in [6.07, 6.45) is 1.17. The van der Waals surface area contributed by atoms with E-state index in [2.05, 4.69) is 10.3 Å². The van der Waals surface area contributed by atoms with Crippen molar-refractivity contribution in [1.82, 2.24) is 14.5 Å². The molecule has 144 valence electrons. The Kier molecular flexibility index (Phi) is 5.96. The van der Waals surface area contributed by atoms with Crippen LogP contribution in [0.3, 0.4) is 0 Å². The van der Waals surface area contributed by atoms with Gasteiger partial charge in [0.25, 0.3) is 5.56 Å². The Morgan fingerprint density at radius 1 is 1.14 bits per heavy atom. The molecular formula is C19H16Cl2N4O3. The van der Waals surface area contributed by atoms with Gasteiger partial charge >= 0.3 is 0 Å². The largest absolute Gasteiger partial charge is 0.335 e. The number of anilines is 1. The van der Waals surface area contributed by atoms with Crippen LogP contribution in [0.2, 0.25) is 10.0 Å². The van der Waals surface area contributed by atoms with Crippen molar-refractivity contribution in [3.63, 3.8) is 0 Å². The number of nitrogens with zero attached hydrogens (tertiary/aromatic N) is 3. The van der Waals surface area contributed by atoms with Gasteiger partial charge in [-0.2, -0.15) is 0 Å². The van der Waals surface area contributed by atoms with Crippen LogP contribution in [0.4, 0.5) is 5.69 Å². The molecule has 28 heavy (non-hydrogen) atoms. The normalized spacial score (nSPS) is 10.7. The molecule has 1 N–H and O–H groups in total. The van der Waals surface area contributed by atoms with E-state index in [0.717, 1.165) is 0 Å². The van der Waals surface area contributed by atoms with E-state index < -0.39 is 5.91 Å². The van der Waals surface area contributed by atoms with Crippen molar-refractivity contribution < 1.29 is 9.59 Å². The van der Waals surface area contributed by atoms with Gasteiger partial charge in [0.05, 0.1) is 33.8 Å². The van der Waals surface area contributed by atoms with Crippen LogP contribution in [0.15, 0.2) is 53.5 Å². The monoisotopic (exact) mass is 418 g/mol. The number of likely N-dealkylation sites (N-methyl/N-ethyl adjacent to an activating group) is 1. The van der Waals surface area contributed by atoms with Gasteiger partial charge in [-0.25, -0.2) is 4.98 Å². The highest BCUT2D eigenvalue weighted by atomic mass is 35.5. The van der Waals surface area contributed by atoms with Crippen molar-refractivity contribution in [2.45, 2.75) is 6.54 Å². The van der Waals surface area contributed by atoms with Gasteiger partial charge < -0.3 is 10.2 Å². The van der Waals surface area contributed by atoms with Gasteiger partial charge in [-0.1, -0.05) is 35.3 Å². The smallest absolute Gasteiger partial charge is 0.269 e. The molecule has 2 aromatic carbocycles. The molecule has 0 bridgehead atoms. The first-order chi connectivity index (χ1) is 13.3. The Balaban J connectivity index is 1.68. The van der Waals surface area contributed by atoms with Crippen LogP contribution in [0.1, 0.15) is 0 Å². The predicted molar refractivity (Wildman–Crippen MR) is 109 cm³/mol. The lowest BCUT2D eigenvalue weighted by atomic mass is 10.3. The number of hydrogen-bond donors (Lipinski definition) is 1. The fourth-order valence-corrected chi connectivity index (χ4v) is 2.91. The molecule has 3 rings (SSSR count). The summed E-state index contributed by atoms with van der Waals surface area (Å²) in [6, 6.07) is 11.7. The molecule has 0 radical (unpaired) electrons. The maximum atomic E-state index is 12.5. The van der Waals surface area contributed by atoms with E-state index in [4.69, 9.17) is 23.2 Å². The number of carbonyl (C=O) groups is 2. The summed E-state index contributed by atoms with van der Waals surface area (Å²) in [5, 5.41) is 3.34. The number of amides is 2. The second-order valence-corrected chi connectivity index (χ2v) is 6.91. The Bertz CT molecular complexity index is 1110. The quantitative estimate of drug-likeness (QED) is 0.690. The van der Waals surface area contributed by atoms with Gasteiger partial charge in [0, 0.05) is 12.7 Å². The Hall–Kier alpha value is -2.90. The summed E-state index contributed by atoms with van der Waals surface area (Å²) in [4.78, 5) is 42.2. The molecule has 0 saturated carbocycles. The average molecular weight is 419 g/mol. The molecule has 1 aromatic heterocycles. The van der Waals surface area contributed by atoms with E-state index in [1.807, 2.05) is 0 Å². The van der Waals surface area contributed by atoms with Gasteiger partial charge in [0.1, 0.15) is 6.54 Å². The van der Waals surface area contributed by atoms with E-state index >= 15 is 0 Å². The molecule has 2 amide bonds. The SMILES string of the molecule is CN(CC(=O)Nc1ccc(Cl)c(Cl)c1)C(=O)Cn1c(=O)cnc2ccccc21. The number of para-hydroxylation sites is 2. The molecule has 3 aromatic rings. The zero-order valence-corrected chi connectivity index (χ0v) is 16.4. The number of carbonyl (C=O) groups excluding carboxylic acids is 2. The number of fused-ring (bicyclic) bond motifs is 1. The molecule has 0 atom stereocenters. The highest BCUT2D eigenvalue weighted by Crippen LogP contribution is 2.24. The second-order valence-electron chi connectivity index (χ2n) is 6.10. The van der Waals surface area contributed by atoms with E-state index in [9.17, 15) is 14.4 Å². The molecule has 0 aliphatic rings. The molecule has 1 heterocycles. The molecule has 0 spiro atoms. The lowest BCUT2D eigenvalue weighted by molar-refractivity contribution is -0.133. The highest BCUT2D eigenvalue weighted by Gasteiger charge is 2.16. The number of aromatic nitrogens is 2. The number of rotatable bonds is 5. The minimum Gasteiger partial charge on any atom is -0.335 e. The number of benzene rings is 2. The molecule has 0 saturated heterocycles. The van der Waals surface area contributed by atoms with Crippen LogP contribution < -0.4 is 10.9 Å². The maximum Gasteiger partial charge on any atom is 0.269 e. The van der Waals surface area contributed by atoms with E-state index in [0.29, 0.717) is 26.8 Å². The van der Waals surface area contributed by atoms with Gasteiger partial charge in [0.2, 0.25) is 11.8 Å². The summed E-state index contributed by atoms with van der Waals surface area (Å²) in [6.45, 7) is -0.380. The zero-order chi connectivity index (χ0) is 20.3. The zero-order valence-electron chi connectivity index (χ0n) is 14.9.